The van der Waals surface area contributed by atoms with Crippen molar-refractivity contribution in [2.24, 2.45) is 5.92 Å². The van der Waals surface area contributed by atoms with Crippen LogP contribution in [-0.4, -0.2) is 22.7 Å². The molecule has 1 fully saturated rings. The van der Waals surface area contributed by atoms with Crippen LogP contribution >= 0.6 is 0 Å². The second-order valence-corrected chi connectivity index (χ2v) is 8.47. The summed E-state index contributed by atoms with van der Waals surface area (Å²) in [5.41, 5.74) is 1.34. The van der Waals surface area contributed by atoms with Crippen molar-refractivity contribution in [3.8, 4) is 5.75 Å². The first-order chi connectivity index (χ1) is 15.6. The van der Waals surface area contributed by atoms with Gasteiger partial charge in [0.1, 0.15) is 12.0 Å². The third-order valence-corrected chi connectivity index (χ3v) is 6.42. The zero-order valence-corrected chi connectivity index (χ0v) is 18.4. The molecule has 1 aliphatic carbocycles. The topological polar surface area (TPSA) is 80.6 Å². The van der Waals surface area contributed by atoms with Gasteiger partial charge in [-0.25, -0.2) is 0 Å². The minimum absolute atomic E-state index is 0.108. The number of aliphatic hydroxyl groups excluding tert-OH is 1. The van der Waals surface area contributed by atoms with Gasteiger partial charge in [0.15, 0.2) is 0 Å². The summed E-state index contributed by atoms with van der Waals surface area (Å²) in [4.78, 5) is 25.7. The third-order valence-electron chi connectivity index (χ3n) is 6.42. The van der Waals surface area contributed by atoms with E-state index < -0.39 is 6.23 Å². The summed E-state index contributed by atoms with van der Waals surface area (Å²) in [6.45, 7) is 0. The maximum atomic E-state index is 13.1. The average Bonchev–Trinajstić information content (AvgIpc) is 2.83. The lowest BCUT2D eigenvalue weighted by Crippen LogP contribution is -2.30. The first-order valence-corrected chi connectivity index (χ1v) is 11.3. The van der Waals surface area contributed by atoms with Gasteiger partial charge in [0.2, 0.25) is 5.91 Å². The van der Waals surface area contributed by atoms with E-state index in [0.29, 0.717) is 29.3 Å². The maximum Gasteiger partial charge on any atom is 0.260 e. The number of hydrogen-bond acceptors (Lipinski definition) is 4. The lowest BCUT2D eigenvalue weighted by atomic mass is 9.88. The molecule has 1 heterocycles. The zero-order chi connectivity index (χ0) is 22.5. The molecule has 1 amide bonds. The number of aliphatic hydroxyl groups is 1. The maximum absolute atomic E-state index is 13.1. The minimum Gasteiger partial charge on any atom is -0.496 e. The van der Waals surface area contributed by atoms with E-state index in [1.165, 1.54) is 11.0 Å². The van der Waals surface area contributed by atoms with Gasteiger partial charge in [0.25, 0.3) is 5.56 Å². The Kier molecular flexibility index (Phi) is 6.90. The normalized spacial score (nSPS) is 15.4. The molecular weight excluding hydrogens is 404 g/mol. The number of anilines is 1. The highest BCUT2D eigenvalue weighted by molar-refractivity contribution is 6.01. The third kappa shape index (κ3) is 4.70. The van der Waals surface area contributed by atoms with Gasteiger partial charge in [-0.05, 0) is 49.1 Å². The highest BCUT2D eigenvalue weighted by Crippen LogP contribution is 2.31. The molecule has 2 aromatic carbocycles. The van der Waals surface area contributed by atoms with Gasteiger partial charge in [0, 0.05) is 35.0 Å². The summed E-state index contributed by atoms with van der Waals surface area (Å²) < 4.78 is 6.79. The number of fused-ring (bicyclic) bond motifs is 1. The summed E-state index contributed by atoms with van der Waals surface area (Å²) >= 11 is 0. The lowest BCUT2D eigenvalue weighted by molar-refractivity contribution is -0.116. The molecule has 0 bridgehead atoms. The van der Waals surface area contributed by atoms with E-state index in [2.05, 4.69) is 5.32 Å². The van der Waals surface area contributed by atoms with Gasteiger partial charge in [0.05, 0.1) is 7.11 Å². The van der Waals surface area contributed by atoms with Crippen molar-refractivity contribution in [3.63, 3.8) is 0 Å². The van der Waals surface area contributed by atoms with E-state index in [0.717, 1.165) is 37.0 Å². The SMILES string of the molecule is COc1ccccc1CCC(=O)Nc1cccc2c(=O)n(C(O)C3CCCCC3)ccc12. The van der Waals surface area contributed by atoms with Crippen LogP contribution < -0.4 is 15.6 Å². The van der Waals surface area contributed by atoms with Gasteiger partial charge in [-0.2, -0.15) is 0 Å². The fourth-order valence-electron chi connectivity index (χ4n) is 4.64. The van der Waals surface area contributed by atoms with Crippen molar-refractivity contribution >= 4 is 22.4 Å². The predicted molar refractivity (Wildman–Crippen MR) is 126 cm³/mol. The van der Waals surface area contributed by atoms with Crippen molar-refractivity contribution in [2.45, 2.75) is 51.2 Å². The van der Waals surface area contributed by atoms with E-state index in [4.69, 9.17) is 4.74 Å². The molecule has 0 radical (unpaired) electrons. The molecular formula is C26H30N2O4. The number of carbonyl (C=O) groups excluding carboxylic acids is 1. The number of nitrogens with zero attached hydrogens (tertiary/aromatic N) is 1. The van der Waals surface area contributed by atoms with Gasteiger partial charge < -0.3 is 15.2 Å². The number of amides is 1. The average molecular weight is 435 g/mol. The molecule has 1 aromatic heterocycles. The number of para-hydroxylation sites is 1. The fourth-order valence-corrected chi connectivity index (χ4v) is 4.64. The van der Waals surface area contributed by atoms with Crippen molar-refractivity contribution < 1.29 is 14.6 Å². The number of rotatable bonds is 7. The quantitative estimate of drug-likeness (QED) is 0.567. The van der Waals surface area contributed by atoms with Crippen LogP contribution in [0.3, 0.4) is 0 Å². The molecule has 1 aliphatic rings. The number of benzene rings is 2. The van der Waals surface area contributed by atoms with Crippen LogP contribution in [0.5, 0.6) is 5.75 Å². The molecule has 0 aliphatic heterocycles. The Morgan fingerprint density at radius 1 is 1.09 bits per heavy atom. The fraction of sp³-hybridized carbons (Fsp3) is 0.385. The molecule has 168 valence electrons. The zero-order valence-electron chi connectivity index (χ0n) is 18.4. The van der Waals surface area contributed by atoms with Crippen molar-refractivity contribution in [2.75, 3.05) is 12.4 Å². The number of hydrogen-bond donors (Lipinski definition) is 2. The van der Waals surface area contributed by atoms with Crippen molar-refractivity contribution in [3.05, 3.63) is 70.6 Å². The number of aryl methyl sites for hydroxylation is 1. The summed E-state index contributed by atoms with van der Waals surface area (Å²) in [5.74, 6) is 0.745. The molecule has 32 heavy (non-hydrogen) atoms. The number of carbonyl (C=O) groups is 1. The van der Waals surface area contributed by atoms with Crippen molar-refractivity contribution in [1.82, 2.24) is 4.57 Å². The van der Waals surface area contributed by atoms with E-state index >= 15 is 0 Å². The Balaban J connectivity index is 1.51. The minimum atomic E-state index is -0.814. The molecule has 4 rings (SSSR count). The number of ether oxygens (including phenoxy) is 1. The summed E-state index contributed by atoms with van der Waals surface area (Å²) in [7, 11) is 1.62. The molecule has 6 nitrogen and oxygen atoms in total. The number of aromatic nitrogens is 1. The van der Waals surface area contributed by atoms with E-state index in [1.54, 1.807) is 37.6 Å². The van der Waals surface area contributed by atoms with Crippen LogP contribution in [-0.2, 0) is 11.2 Å². The number of nitrogens with one attached hydrogen (secondary N) is 1. The molecule has 3 aromatic rings. The number of methoxy groups -OCH3 is 1. The Hall–Kier alpha value is -3.12. The van der Waals surface area contributed by atoms with Crippen LogP contribution in [0.1, 0.15) is 50.3 Å². The molecule has 1 atom stereocenters. The standard InChI is InChI=1S/C26H30N2O4/c1-32-23-13-6-5-8-18(23)14-15-24(29)27-22-12-7-11-21-20(22)16-17-28(26(21)31)25(30)19-9-3-2-4-10-19/h5-8,11-13,16-17,19,25,30H,2-4,9-10,14-15H2,1H3,(H,27,29). The lowest BCUT2D eigenvalue weighted by Gasteiger charge is -2.28. The van der Waals surface area contributed by atoms with Gasteiger partial charge in [-0.3, -0.25) is 14.2 Å². The van der Waals surface area contributed by atoms with Gasteiger partial charge in [-0.15, -0.1) is 0 Å². The monoisotopic (exact) mass is 434 g/mol. The largest absolute Gasteiger partial charge is 0.496 e. The Morgan fingerprint density at radius 3 is 2.66 bits per heavy atom. The van der Waals surface area contributed by atoms with Crippen LogP contribution in [0.4, 0.5) is 5.69 Å². The van der Waals surface area contributed by atoms with E-state index in [9.17, 15) is 14.7 Å². The van der Waals surface area contributed by atoms with Crippen LogP contribution in [0, 0.1) is 5.92 Å². The smallest absolute Gasteiger partial charge is 0.260 e. The molecule has 1 saturated carbocycles. The van der Waals surface area contributed by atoms with Gasteiger partial charge in [-0.1, -0.05) is 43.5 Å². The van der Waals surface area contributed by atoms with Crippen LogP contribution in [0.25, 0.3) is 10.8 Å². The highest BCUT2D eigenvalue weighted by atomic mass is 16.5. The highest BCUT2D eigenvalue weighted by Gasteiger charge is 2.24. The van der Waals surface area contributed by atoms with E-state index in [-0.39, 0.29) is 17.4 Å². The van der Waals surface area contributed by atoms with Crippen LogP contribution in [0.15, 0.2) is 59.5 Å². The van der Waals surface area contributed by atoms with Gasteiger partial charge >= 0.3 is 0 Å². The second-order valence-electron chi connectivity index (χ2n) is 8.47. The molecule has 0 saturated heterocycles. The molecule has 1 unspecified atom stereocenters. The molecule has 0 spiro atoms. The first-order valence-electron chi connectivity index (χ1n) is 11.3. The second kappa shape index (κ2) is 10.0. The van der Waals surface area contributed by atoms with E-state index in [1.807, 2.05) is 24.3 Å². The van der Waals surface area contributed by atoms with Crippen LogP contribution in [0.2, 0.25) is 0 Å². The summed E-state index contributed by atoms with van der Waals surface area (Å²) in [5, 5.41) is 14.9. The number of pyridine rings is 1. The Morgan fingerprint density at radius 2 is 1.88 bits per heavy atom. The summed E-state index contributed by atoms with van der Waals surface area (Å²) in [6.07, 6.45) is 6.94. The molecule has 2 N–H and O–H groups in total. The Bertz CT molecular complexity index is 1150. The summed E-state index contributed by atoms with van der Waals surface area (Å²) in [6, 6.07) is 14.8. The Labute approximate surface area is 187 Å². The predicted octanol–water partition coefficient (Wildman–Crippen LogP) is 4.65. The first kappa shape index (κ1) is 22.1. The van der Waals surface area contributed by atoms with Crippen molar-refractivity contribution in [1.29, 1.82) is 0 Å². The molecule has 6 heteroatoms.